The predicted octanol–water partition coefficient (Wildman–Crippen LogP) is 5.74. The molecule has 1 nitrogen and oxygen atoms in total. The van der Waals surface area contributed by atoms with Crippen LogP contribution in [0, 0.1) is 6.92 Å². The normalized spacial score (nSPS) is 17.0. The summed E-state index contributed by atoms with van der Waals surface area (Å²) in [6.45, 7) is 1.77. The molecule has 0 spiro atoms. The van der Waals surface area contributed by atoms with Crippen LogP contribution in [0.2, 0.25) is 0 Å². The van der Waals surface area contributed by atoms with Crippen molar-refractivity contribution >= 4 is 11.3 Å². The summed E-state index contributed by atoms with van der Waals surface area (Å²) in [5, 5.41) is 0. The fourth-order valence-electron chi connectivity index (χ4n) is 2.89. The van der Waals surface area contributed by atoms with E-state index in [0.717, 1.165) is 11.6 Å². The molecule has 1 heterocycles. The third-order valence-electron chi connectivity index (χ3n) is 4.21. The molecule has 0 fully saturated rings. The Hall–Kier alpha value is -2.57. The van der Waals surface area contributed by atoms with E-state index in [4.69, 9.17) is 0 Å². The number of alkyl halides is 6. The third-order valence-corrected chi connectivity index (χ3v) is 4.21. The standard InChI is InChI=1S/C19H13F6N/c1-12-7-9-14(10-8-12)16-11-15(13-5-3-2-4-6-13)17(26-16,18(20,21)22)19(23,24)25/h2-11H,1H3. The van der Waals surface area contributed by atoms with E-state index in [-0.39, 0.29) is 16.8 Å². The highest BCUT2D eigenvalue weighted by atomic mass is 19.4. The first-order valence-corrected chi connectivity index (χ1v) is 7.64. The largest absolute Gasteiger partial charge is 0.426 e. The van der Waals surface area contributed by atoms with Gasteiger partial charge in [-0.15, -0.1) is 0 Å². The third kappa shape index (κ3) is 2.81. The maximum atomic E-state index is 13.7. The molecule has 136 valence electrons. The van der Waals surface area contributed by atoms with Gasteiger partial charge >= 0.3 is 12.4 Å². The zero-order chi connectivity index (χ0) is 19.2. The molecule has 1 aliphatic heterocycles. The number of aryl methyl sites for hydroxylation is 1. The van der Waals surface area contributed by atoms with E-state index in [1.807, 2.05) is 0 Å². The van der Waals surface area contributed by atoms with E-state index in [0.29, 0.717) is 0 Å². The van der Waals surface area contributed by atoms with Crippen LogP contribution in [0.5, 0.6) is 0 Å². The van der Waals surface area contributed by atoms with Crippen LogP contribution in [0.3, 0.4) is 0 Å². The van der Waals surface area contributed by atoms with E-state index in [2.05, 4.69) is 4.99 Å². The van der Waals surface area contributed by atoms with Crippen LogP contribution >= 0.6 is 0 Å². The van der Waals surface area contributed by atoms with Crippen LogP contribution in [0.1, 0.15) is 16.7 Å². The Morgan fingerprint density at radius 2 is 1.27 bits per heavy atom. The zero-order valence-electron chi connectivity index (χ0n) is 13.5. The van der Waals surface area contributed by atoms with Crippen molar-refractivity contribution in [2.45, 2.75) is 24.8 Å². The van der Waals surface area contributed by atoms with Crippen molar-refractivity contribution < 1.29 is 26.3 Å². The maximum absolute atomic E-state index is 13.7. The van der Waals surface area contributed by atoms with Gasteiger partial charge in [-0.3, -0.25) is 4.99 Å². The molecule has 0 atom stereocenters. The Kier molecular flexibility index (Phi) is 4.21. The Balaban J connectivity index is 2.28. The summed E-state index contributed by atoms with van der Waals surface area (Å²) in [6.07, 6.45) is -10.4. The zero-order valence-corrected chi connectivity index (χ0v) is 13.5. The maximum Gasteiger partial charge on any atom is 0.426 e. The van der Waals surface area contributed by atoms with Crippen LogP contribution < -0.4 is 0 Å². The molecule has 26 heavy (non-hydrogen) atoms. The van der Waals surface area contributed by atoms with Gasteiger partial charge in [0, 0.05) is 5.57 Å². The van der Waals surface area contributed by atoms with Gasteiger partial charge < -0.3 is 0 Å². The highest BCUT2D eigenvalue weighted by molar-refractivity contribution is 6.16. The molecule has 3 rings (SSSR count). The van der Waals surface area contributed by atoms with E-state index in [9.17, 15) is 26.3 Å². The Morgan fingerprint density at radius 3 is 1.77 bits per heavy atom. The first-order valence-electron chi connectivity index (χ1n) is 7.64. The minimum absolute atomic E-state index is 0.173. The smallest absolute Gasteiger partial charge is 0.255 e. The van der Waals surface area contributed by atoms with Gasteiger partial charge in [0.1, 0.15) is 0 Å². The molecular formula is C19H13F6N. The number of hydrogen-bond donors (Lipinski definition) is 0. The lowest BCUT2D eigenvalue weighted by Crippen LogP contribution is -2.55. The van der Waals surface area contributed by atoms with E-state index < -0.39 is 23.5 Å². The van der Waals surface area contributed by atoms with Crippen molar-refractivity contribution in [1.82, 2.24) is 0 Å². The molecule has 0 aliphatic carbocycles. The first-order chi connectivity index (χ1) is 12.1. The average Bonchev–Trinajstić information content (AvgIpc) is 2.98. The summed E-state index contributed by atoms with van der Waals surface area (Å²) in [6, 6.07) is 12.8. The van der Waals surface area contributed by atoms with Crippen molar-refractivity contribution in [1.29, 1.82) is 0 Å². The number of allylic oxidation sites excluding steroid dienone is 1. The van der Waals surface area contributed by atoms with Crippen LogP contribution in [0.15, 0.2) is 65.7 Å². The van der Waals surface area contributed by atoms with Crippen molar-refractivity contribution in [3.63, 3.8) is 0 Å². The lowest BCUT2D eigenvalue weighted by atomic mass is 9.85. The van der Waals surface area contributed by atoms with Crippen LogP contribution in [-0.4, -0.2) is 23.6 Å². The predicted molar refractivity (Wildman–Crippen MR) is 87.0 cm³/mol. The van der Waals surface area contributed by atoms with E-state index in [1.165, 1.54) is 42.5 Å². The minimum Gasteiger partial charge on any atom is -0.255 e. The summed E-state index contributed by atoms with van der Waals surface area (Å²) in [5.41, 5.74) is -4.71. The molecule has 7 heteroatoms. The van der Waals surface area contributed by atoms with E-state index >= 15 is 0 Å². The average molecular weight is 369 g/mol. The Bertz CT molecular complexity index is 844. The molecule has 1 aliphatic rings. The van der Waals surface area contributed by atoms with Crippen molar-refractivity contribution in [2.24, 2.45) is 4.99 Å². The van der Waals surface area contributed by atoms with Crippen LogP contribution in [0.25, 0.3) is 5.57 Å². The highest BCUT2D eigenvalue weighted by Crippen LogP contribution is 2.55. The Labute approximate surface area is 145 Å². The molecule has 0 aromatic heterocycles. The molecule has 2 aromatic rings. The van der Waals surface area contributed by atoms with Gasteiger partial charge in [0.25, 0.3) is 5.54 Å². The summed E-state index contributed by atoms with van der Waals surface area (Å²) in [4.78, 5) is 3.19. The molecule has 0 unspecified atom stereocenters. The monoisotopic (exact) mass is 369 g/mol. The number of benzene rings is 2. The fourth-order valence-corrected chi connectivity index (χ4v) is 2.89. The summed E-state index contributed by atoms with van der Waals surface area (Å²) in [7, 11) is 0. The van der Waals surface area contributed by atoms with Gasteiger partial charge in [0.2, 0.25) is 0 Å². The second kappa shape index (κ2) is 6.00. The highest BCUT2D eigenvalue weighted by Gasteiger charge is 2.74. The van der Waals surface area contributed by atoms with Crippen LogP contribution in [-0.2, 0) is 0 Å². The molecule has 0 bridgehead atoms. The Morgan fingerprint density at radius 1 is 0.731 bits per heavy atom. The van der Waals surface area contributed by atoms with E-state index in [1.54, 1.807) is 19.1 Å². The molecule has 0 saturated carbocycles. The van der Waals surface area contributed by atoms with Gasteiger partial charge in [0.15, 0.2) is 0 Å². The molecule has 0 radical (unpaired) electrons. The number of nitrogens with zero attached hydrogens (tertiary/aromatic N) is 1. The van der Waals surface area contributed by atoms with Gasteiger partial charge in [-0.1, -0.05) is 60.2 Å². The second-order valence-corrected chi connectivity index (χ2v) is 5.99. The summed E-state index contributed by atoms with van der Waals surface area (Å²) in [5.74, 6) is 0. The second-order valence-electron chi connectivity index (χ2n) is 5.99. The quantitative estimate of drug-likeness (QED) is 0.598. The topological polar surface area (TPSA) is 12.4 Å². The summed E-state index contributed by atoms with van der Waals surface area (Å²) < 4.78 is 82.4. The minimum atomic E-state index is -5.64. The van der Waals surface area contributed by atoms with Gasteiger partial charge in [-0.2, -0.15) is 26.3 Å². The van der Waals surface area contributed by atoms with Crippen molar-refractivity contribution in [3.05, 3.63) is 77.4 Å². The van der Waals surface area contributed by atoms with Crippen molar-refractivity contribution in [2.75, 3.05) is 0 Å². The van der Waals surface area contributed by atoms with Gasteiger partial charge in [0.05, 0.1) is 5.71 Å². The SMILES string of the molecule is Cc1ccc(C2=NC(C(F)(F)F)(C(F)(F)F)C(c3ccccc3)=C2)cc1. The van der Waals surface area contributed by atoms with Gasteiger partial charge in [-0.05, 0) is 24.1 Å². The number of halogens is 6. The van der Waals surface area contributed by atoms with Crippen molar-refractivity contribution in [3.8, 4) is 0 Å². The first kappa shape index (κ1) is 18.2. The molecular weight excluding hydrogens is 356 g/mol. The molecule has 0 amide bonds. The molecule has 0 saturated heterocycles. The van der Waals surface area contributed by atoms with Gasteiger partial charge in [-0.25, -0.2) is 0 Å². The number of rotatable bonds is 2. The summed E-state index contributed by atoms with van der Waals surface area (Å²) >= 11 is 0. The molecule has 0 N–H and O–H groups in total. The fraction of sp³-hybridized carbons (Fsp3) is 0.211. The number of hydrogen-bond acceptors (Lipinski definition) is 1. The van der Waals surface area contributed by atoms with Crippen LogP contribution in [0.4, 0.5) is 26.3 Å². The lowest BCUT2D eigenvalue weighted by molar-refractivity contribution is -0.273. The number of aliphatic imine (C=N–C) groups is 1. The molecule has 2 aromatic carbocycles. The lowest BCUT2D eigenvalue weighted by Gasteiger charge is -2.33.